The van der Waals surface area contributed by atoms with Gasteiger partial charge in [-0.3, -0.25) is 0 Å². The minimum absolute atomic E-state index is 0.232. The fourth-order valence-corrected chi connectivity index (χ4v) is 2.89. The second-order valence-electron chi connectivity index (χ2n) is 6.33. The van der Waals surface area contributed by atoms with Crippen LogP contribution in [0.15, 0.2) is 54.6 Å². The lowest BCUT2D eigenvalue weighted by Gasteiger charge is -2.14. The molecular formula is C22H22N4O. The summed E-state index contributed by atoms with van der Waals surface area (Å²) >= 11 is 0. The summed E-state index contributed by atoms with van der Waals surface area (Å²) in [4.78, 5) is 6.46. The molecule has 136 valence electrons. The van der Waals surface area contributed by atoms with Crippen LogP contribution in [0.25, 0.3) is 22.4 Å². The molecule has 3 aromatic rings. The molecule has 0 unspecified atom stereocenters. The van der Waals surface area contributed by atoms with Crippen LogP contribution in [-0.4, -0.2) is 25.7 Å². The zero-order valence-electron chi connectivity index (χ0n) is 15.7. The molecule has 0 fully saturated rings. The Hall–Kier alpha value is -3.52. The van der Waals surface area contributed by atoms with E-state index in [1.54, 1.807) is 0 Å². The quantitative estimate of drug-likeness (QED) is 0.734. The van der Waals surface area contributed by atoms with Crippen molar-refractivity contribution in [2.24, 2.45) is 0 Å². The van der Waals surface area contributed by atoms with Gasteiger partial charge in [-0.2, -0.15) is 5.26 Å². The van der Waals surface area contributed by atoms with E-state index in [0.29, 0.717) is 12.2 Å². The average molecular weight is 358 g/mol. The number of nitrogens with two attached hydrogens (primary N) is 1. The summed E-state index contributed by atoms with van der Waals surface area (Å²) in [6.07, 6.45) is 0. The normalized spacial score (nSPS) is 10.3. The van der Waals surface area contributed by atoms with Crippen molar-refractivity contribution in [3.8, 4) is 34.2 Å². The molecule has 0 atom stereocenters. The Morgan fingerprint density at radius 2 is 1.67 bits per heavy atom. The molecule has 1 aromatic heterocycles. The first-order valence-corrected chi connectivity index (χ1v) is 8.75. The molecule has 27 heavy (non-hydrogen) atoms. The van der Waals surface area contributed by atoms with E-state index in [1.165, 1.54) is 0 Å². The number of ether oxygens (including phenoxy) is 1. The number of aromatic nitrogens is 1. The molecule has 0 saturated heterocycles. The molecule has 0 aliphatic carbocycles. The monoisotopic (exact) mass is 358 g/mol. The van der Waals surface area contributed by atoms with E-state index >= 15 is 0 Å². The molecule has 5 heteroatoms. The Morgan fingerprint density at radius 1 is 1.04 bits per heavy atom. The Bertz CT molecular complexity index is 971. The fourth-order valence-electron chi connectivity index (χ4n) is 2.89. The van der Waals surface area contributed by atoms with Crippen LogP contribution in [0.1, 0.15) is 12.5 Å². The lowest BCUT2D eigenvalue weighted by atomic mass is 9.98. The largest absolute Gasteiger partial charge is 0.494 e. The molecule has 2 N–H and O–H groups in total. The van der Waals surface area contributed by atoms with Gasteiger partial charge in [-0.1, -0.05) is 12.1 Å². The van der Waals surface area contributed by atoms with Crippen LogP contribution in [0.3, 0.4) is 0 Å². The highest BCUT2D eigenvalue weighted by Crippen LogP contribution is 2.32. The third-order valence-corrected chi connectivity index (χ3v) is 4.32. The van der Waals surface area contributed by atoms with Crippen LogP contribution in [0, 0.1) is 11.3 Å². The summed E-state index contributed by atoms with van der Waals surface area (Å²) in [5.41, 5.74) is 10.9. The number of hydrogen-bond acceptors (Lipinski definition) is 5. The van der Waals surface area contributed by atoms with E-state index in [2.05, 4.69) is 11.1 Å². The first-order valence-electron chi connectivity index (χ1n) is 8.75. The minimum Gasteiger partial charge on any atom is -0.494 e. The zero-order chi connectivity index (χ0) is 19.4. The van der Waals surface area contributed by atoms with Gasteiger partial charge in [0.2, 0.25) is 0 Å². The third-order valence-electron chi connectivity index (χ3n) is 4.32. The highest BCUT2D eigenvalue weighted by atomic mass is 16.5. The Kier molecular flexibility index (Phi) is 5.28. The van der Waals surface area contributed by atoms with Gasteiger partial charge in [-0.05, 0) is 55.0 Å². The van der Waals surface area contributed by atoms with Crippen molar-refractivity contribution < 1.29 is 4.74 Å². The highest BCUT2D eigenvalue weighted by molar-refractivity contribution is 5.80. The molecule has 0 amide bonds. The smallest absolute Gasteiger partial charge is 0.142 e. The molecular weight excluding hydrogens is 336 g/mol. The number of nitriles is 1. The molecule has 3 rings (SSSR count). The standard InChI is InChI=1S/C22H22N4O/c1-4-27-18-11-7-16(8-12-18)21-13-19(20(14-23)22(24)25-21)15-5-9-17(10-6-15)26(2)3/h5-13H,4H2,1-3H3,(H2,24,25). The van der Waals surface area contributed by atoms with Crippen LogP contribution < -0.4 is 15.4 Å². The SMILES string of the molecule is CCOc1ccc(-c2cc(-c3ccc(N(C)C)cc3)c(C#N)c(N)n2)cc1. The molecule has 0 aliphatic heterocycles. The summed E-state index contributed by atoms with van der Waals surface area (Å²) in [7, 11) is 3.98. The van der Waals surface area contributed by atoms with Crippen molar-refractivity contribution in [3.05, 3.63) is 60.2 Å². The van der Waals surface area contributed by atoms with E-state index < -0.39 is 0 Å². The molecule has 0 saturated carbocycles. The predicted octanol–water partition coefficient (Wildman–Crippen LogP) is 4.33. The van der Waals surface area contributed by atoms with Crippen molar-refractivity contribution in [1.29, 1.82) is 5.26 Å². The molecule has 0 bridgehead atoms. The molecule has 0 aliphatic rings. The Morgan fingerprint density at radius 3 is 2.22 bits per heavy atom. The topological polar surface area (TPSA) is 75.2 Å². The van der Waals surface area contributed by atoms with Crippen molar-refractivity contribution in [1.82, 2.24) is 4.98 Å². The van der Waals surface area contributed by atoms with Crippen LogP contribution in [0.4, 0.5) is 11.5 Å². The number of nitrogen functional groups attached to an aromatic ring is 1. The maximum Gasteiger partial charge on any atom is 0.142 e. The van der Waals surface area contributed by atoms with E-state index in [0.717, 1.165) is 33.8 Å². The van der Waals surface area contributed by atoms with E-state index in [9.17, 15) is 5.26 Å². The van der Waals surface area contributed by atoms with Crippen LogP contribution in [0.2, 0.25) is 0 Å². The van der Waals surface area contributed by atoms with Gasteiger partial charge in [0.15, 0.2) is 0 Å². The summed E-state index contributed by atoms with van der Waals surface area (Å²) < 4.78 is 5.49. The first kappa shape index (κ1) is 18.3. The number of rotatable bonds is 5. The van der Waals surface area contributed by atoms with Gasteiger partial charge in [0, 0.05) is 30.9 Å². The van der Waals surface area contributed by atoms with Crippen molar-refractivity contribution in [2.75, 3.05) is 31.3 Å². The van der Waals surface area contributed by atoms with Gasteiger partial charge in [-0.25, -0.2) is 4.98 Å². The van der Waals surface area contributed by atoms with Crippen molar-refractivity contribution >= 4 is 11.5 Å². The van der Waals surface area contributed by atoms with Gasteiger partial charge in [0.05, 0.1) is 12.3 Å². The predicted molar refractivity (Wildman–Crippen MR) is 110 cm³/mol. The molecule has 1 heterocycles. The van der Waals surface area contributed by atoms with E-state index in [-0.39, 0.29) is 5.82 Å². The molecule has 0 spiro atoms. The zero-order valence-corrected chi connectivity index (χ0v) is 15.7. The maximum absolute atomic E-state index is 9.57. The van der Waals surface area contributed by atoms with Gasteiger partial charge in [0.25, 0.3) is 0 Å². The fraction of sp³-hybridized carbons (Fsp3) is 0.182. The number of anilines is 2. The number of nitrogens with zero attached hydrogens (tertiary/aromatic N) is 3. The van der Waals surface area contributed by atoms with Gasteiger partial charge < -0.3 is 15.4 Å². The Balaban J connectivity index is 2.07. The Labute approximate surface area is 159 Å². The van der Waals surface area contributed by atoms with Crippen molar-refractivity contribution in [3.63, 3.8) is 0 Å². The summed E-state index contributed by atoms with van der Waals surface area (Å²) in [6.45, 7) is 2.57. The highest BCUT2D eigenvalue weighted by Gasteiger charge is 2.14. The number of benzene rings is 2. The van der Waals surface area contributed by atoms with Gasteiger partial charge >= 0.3 is 0 Å². The van der Waals surface area contributed by atoms with Gasteiger partial charge in [0.1, 0.15) is 23.2 Å². The third kappa shape index (κ3) is 3.85. The minimum atomic E-state index is 0.232. The van der Waals surface area contributed by atoms with Crippen LogP contribution in [0.5, 0.6) is 5.75 Å². The second kappa shape index (κ2) is 7.79. The second-order valence-corrected chi connectivity index (χ2v) is 6.33. The van der Waals surface area contributed by atoms with Gasteiger partial charge in [-0.15, -0.1) is 0 Å². The van der Waals surface area contributed by atoms with Crippen molar-refractivity contribution in [2.45, 2.75) is 6.92 Å². The number of pyridine rings is 1. The lowest BCUT2D eigenvalue weighted by molar-refractivity contribution is 0.340. The van der Waals surface area contributed by atoms with E-state index in [1.807, 2.05) is 80.5 Å². The molecule has 2 aromatic carbocycles. The van der Waals surface area contributed by atoms with Crippen LogP contribution >= 0.6 is 0 Å². The van der Waals surface area contributed by atoms with Crippen LogP contribution in [-0.2, 0) is 0 Å². The van der Waals surface area contributed by atoms with E-state index in [4.69, 9.17) is 10.5 Å². The summed E-state index contributed by atoms with van der Waals surface area (Å²) in [5, 5.41) is 9.57. The first-order chi connectivity index (χ1) is 13.0. The lowest BCUT2D eigenvalue weighted by Crippen LogP contribution is -2.08. The number of hydrogen-bond donors (Lipinski definition) is 1. The molecule has 0 radical (unpaired) electrons. The maximum atomic E-state index is 9.57. The molecule has 5 nitrogen and oxygen atoms in total. The summed E-state index contributed by atoms with van der Waals surface area (Å²) in [5.74, 6) is 1.04. The average Bonchev–Trinajstić information content (AvgIpc) is 2.68. The summed E-state index contributed by atoms with van der Waals surface area (Å²) in [6, 6.07) is 19.8.